The number of likely N-dealkylation sites (N-methyl/N-ethyl adjacent to an activating group) is 1. The van der Waals surface area contributed by atoms with Gasteiger partial charge in [-0.3, -0.25) is 0 Å². The van der Waals surface area contributed by atoms with Crippen molar-refractivity contribution in [2.24, 2.45) is 0 Å². The molecule has 0 bridgehead atoms. The van der Waals surface area contributed by atoms with E-state index in [0.717, 1.165) is 31.3 Å². The van der Waals surface area contributed by atoms with Crippen LogP contribution in [-0.4, -0.2) is 49.5 Å². The van der Waals surface area contributed by atoms with E-state index in [1.165, 1.54) is 11.6 Å². The van der Waals surface area contributed by atoms with Crippen LogP contribution in [0.15, 0.2) is 42.7 Å². The van der Waals surface area contributed by atoms with Crippen LogP contribution in [-0.2, 0) is 0 Å². The van der Waals surface area contributed by atoms with Crippen LogP contribution >= 0.6 is 0 Å². The van der Waals surface area contributed by atoms with Crippen LogP contribution in [0.4, 0.5) is 20.5 Å². The van der Waals surface area contributed by atoms with Gasteiger partial charge in [0.1, 0.15) is 22.9 Å². The number of aryl methyl sites for hydroxylation is 1. The molecule has 4 heterocycles. The maximum Gasteiger partial charge on any atom is 0.229 e. The number of hydrogen-bond donors (Lipinski definition) is 1. The standard InChI is InChI=1S/C26H27F2N7/c1-15(2)35-16(3)31-25-20(27)11-19(12-22(25)35)24-21(28)14-30-26(33-24)32-23-6-5-18(13-29-23)17-7-9-34(4)10-8-17/h5-7,11-15H,8-10H2,1-4H3,(H,29,30,32,33). The molecule has 0 saturated heterocycles. The van der Waals surface area contributed by atoms with E-state index in [2.05, 4.69) is 43.3 Å². The molecule has 0 spiro atoms. The zero-order chi connectivity index (χ0) is 24.7. The number of benzene rings is 1. The number of rotatable bonds is 5. The molecule has 1 aliphatic rings. The molecule has 35 heavy (non-hydrogen) atoms. The highest BCUT2D eigenvalue weighted by Gasteiger charge is 2.18. The maximum atomic E-state index is 14.9. The Morgan fingerprint density at radius 3 is 2.51 bits per heavy atom. The lowest BCUT2D eigenvalue weighted by Crippen LogP contribution is -2.23. The topological polar surface area (TPSA) is 71.8 Å². The van der Waals surface area contributed by atoms with Crippen LogP contribution < -0.4 is 5.32 Å². The van der Waals surface area contributed by atoms with Crippen molar-refractivity contribution in [1.82, 2.24) is 29.4 Å². The van der Waals surface area contributed by atoms with E-state index < -0.39 is 11.6 Å². The van der Waals surface area contributed by atoms with E-state index in [0.29, 0.717) is 22.7 Å². The average Bonchev–Trinajstić information content (AvgIpc) is 3.18. The highest BCUT2D eigenvalue weighted by Crippen LogP contribution is 2.30. The molecule has 7 nitrogen and oxygen atoms in total. The van der Waals surface area contributed by atoms with Gasteiger partial charge in [0, 0.05) is 30.9 Å². The lowest BCUT2D eigenvalue weighted by Gasteiger charge is -2.21. The van der Waals surface area contributed by atoms with E-state index in [9.17, 15) is 8.78 Å². The fraction of sp³-hybridized carbons (Fsp3) is 0.308. The third kappa shape index (κ3) is 4.51. The van der Waals surface area contributed by atoms with Gasteiger partial charge in [-0.05, 0) is 69.6 Å². The van der Waals surface area contributed by atoms with Gasteiger partial charge in [0.05, 0.1) is 11.7 Å². The Morgan fingerprint density at radius 2 is 1.83 bits per heavy atom. The maximum absolute atomic E-state index is 14.9. The van der Waals surface area contributed by atoms with Crippen molar-refractivity contribution in [2.75, 3.05) is 25.5 Å². The molecule has 0 radical (unpaired) electrons. The minimum Gasteiger partial charge on any atom is -0.326 e. The highest BCUT2D eigenvalue weighted by atomic mass is 19.1. The second-order valence-electron chi connectivity index (χ2n) is 9.14. The first-order valence-electron chi connectivity index (χ1n) is 11.6. The van der Waals surface area contributed by atoms with E-state index >= 15 is 0 Å². The van der Waals surface area contributed by atoms with Gasteiger partial charge in [-0.25, -0.2) is 28.7 Å². The molecule has 5 rings (SSSR count). The molecule has 0 saturated carbocycles. The summed E-state index contributed by atoms with van der Waals surface area (Å²) in [7, 11) is 2.10. The van der Waals surface area contributed by atoms with Crippen molar-refractivity contribution in [3.05, 3.63) is 65.8 Å². The van der Waals surface area contributed by atoms with Crippen LogP contribution in [0.25, 0.3) is 27.9 Å². The fourth-order valence-electron chi connectivity index (χ4n) is 4.49. The minimum atomic E-state index is -0.640. The molecular formula is C26H27F2N7. The van der Waals surface area contributed by atoms with Crippen LogP contribution in [0.1, 0.15) is 37.7 Å². The molecule has 0 atom stereocenters. The van der Waals surface area contributed by atoms with Gasteiger partial charge in [0.25, 0.3) is 0 Å². The number of pyridine rings is 1. The largest absolute Gasteiger partial charge is 0.326 e. The smallest absolute Gasteiger partial charge is 0.229 e. The van der Waals surface area contributed by atoms with E-state index in [4.69, 9.17) is 0 Å². The van der Waals surface area contributed by atoms with Gasteiger partial charge in [-0.2, -0.15) is 0 Å². The molecule has 9 heteroatoms. The van der Waals surface area contributed by atoms with Crippen LogP contribution in [0.3, 0.4) is 0 Å². The van der Waals surface area contributed by atoms with Crippen molar-refractivity contribution in [1.29, 1.82) is 0 Å². The summed E-state index contributed by atoms with van der Waals surface area (Å²) in [6.07, 6.45) is 6.08. The van der Waals surface area contributed by atoms with Gasteiger partial charge in [0.2, 0.25) is 5.95 Å². The second kappa shape index (κ2) is 9.14. The molecule has 1 aromatic carbocycles. The summed E-state index contributed by atoms with van der Waals surface area (Å²) < 4.78 is 31.6. The minimum absolute atomic E-state index is 0.00515. The normalized spacial score (nSPS) is 14.5. The number of anilines is 2. The predicted octanol–water partition coefficient (Wildman–Crippen LogP) is 5.52. The van der Waals surface area contributed by atoms with Gasteiger partial charge >= 0.3 is 0 Å². The third-order valence-electron chi connectivity index (χ3n) is 6.25. The van der Waals surface area contributed by atoms with Crippen molar-refractivity contribution in [3.8, 4) is 11.3 Å². The van der Waals surface area contributed by atoms with Crippen LogP contribution in [0.5, 0.6) is 0 Å². The molecule has 0 amide bonds. The number of aromatic nitrogens is 5. The van der Waals surface area contributed by atoms with Gasteiger partial charge in [-0.15, -0.1) is 0 Å². The Labute approximate surface area is 202 Å². The Kier molecular flexibility index (Phi) is 6.02. The van der Waals surface area contributed by atoms with Crippen molar-refractivity contribution in [3.63, 3.8) is 0 Å². The van der Waals surface area contributed by atoms with Gasteiger partial charge < -0.3 is 14.8 Å². The van der Waals surface area contributed by atoms with Crippen molar-refractivity contribution in [2.45, 2.75) is 33.2 Å². The molecule has 180 valence electrons. The molecule has 0 unspecified atom stereocenters. The lowest BCUT2D eigenvalue weighted by molar-refractivity contribution is 0.370. The molecule has 1 N–H and O–H groups in total. The summed E-state index contributed by atoms with van der Waals surface area (Å²) in [6, 6.07) is 6.89. The lowest BCUT2D eigenvalue weighted by atomic mass is 10.0. The molecular weight excluding hydrogens is 448 g/mol. The molecule has 0 fully saturated rings. The Morgan fingerprint density at radius 1 is 1.00 bits per heavy atom. The SMILES string of the molecule is Cc1nc2c(F)cc(-c3nc(Nc4ccc(C5=CCN(C)CC5)cn4)ncc3F)cc2n1C(C)C. The second-order valence-corrected chi connectivity index (χ2v) is 9.14. The highest BCUT2D eigenvalue weighted by molar-refractivity contribution is 5.83. The Bertz CT molecular complexity index is 1420. The molecule has 0 aliphatic carbocycles. The average molecular weight is 476 g/mol. The number of imidazole rings is 1. The molecule has 3 aromatic heterocycles. The number of fused-ring (bicyclic) bond motifs is 1. The summed E-state index contributed by atoms with van der Waals surface area (Å²) in [4.78, 5) is 19.5. The number of nitrogens with one attached hydrogen (secondary N) is 1. The Hall–Kier alpha value is -3.72. The number of hydrogen-bond acceptors (Lipinski definition) is 6. The van der Waals surface area contributed by atoms with Gasteiger partial charge in [0.15, 0.2) is 11.6 Å². The summed E-state index contributed by atoms with van der Waals surface area (Å²) in [6.45, 7) is 7.75. The molecule has 1 aliphatic heterocycles. The van der Waals surface area contributed by atoms with Crippen molar-refractivity contribution < 1.29 is 8.78 Å². The van der Waals surface area contributed by atoms with E-state index in [-0.39, 0.29) is 23.2 Å². The van der Waals surface area contributed by atoms with Crippen LogP contribution in [0, 0.1) is 18.6 Å². The first kappa shape index (κ1) is 23.0. The summed E-state index contributed by atoms with van der Waals surface area (Å²) in [5.74, 6) is 0.249. The third-order valence-corrected chi connectivity index (χ3v) is 6.25. The zero-order valence-electron chi connectivity index (χ0n) is 20.2. The summed E-state index contributed by atoms with van der Waals surface area (Å²) in [5.41, 5.74) is 3.53. The van der Waals surface area contributed by atoms with Crippen LogP contribution in [0.2, 0.25) is 0 Å². The summed E-state index contributed by atoms with van der Waals surface area (Å²) in [5, 5.41) is 3.03. The Balaban J connectivity index is 1.45. The first-order valence-corrected chi connectivity index (χ1v) is 11.6. The first-order chi connectivity index (χ1) is 16.8. The number of nitrogens with zero attached hydrogens (tertiary/aromatic N) is 6. The van der Waals surface area contributed by atoms with Gasteiger partial charge in [-0.1, -0.05) is 6.08 Å². The monoisotopic (exact) mass is 475 g/mol. The van der Waals surface area contributed by atoms with E-state index in [1.807, 2.05) is 43.7 Å². The number of halogens is 2. The zero-order valence-corrected chi connectivity index (χ0v) is 20.2. The summed E-state index contributed by atoms with van der Waals surface area (Å²) >= 11 is 0. The molecule has 4 aromatic rings. The quantitative estimate of drug-likeness (QED) is 0.410. The predicted molar refractivity (Wildman–Crippen MR) is 133 cm³/mol. The van der Waals surface area contributed by atoms with E-state index in [1.54, 1.807) is 6.07 Å². The van der Waals surface area contributed by atoms with Crippen molar-refractivity contribution >= 4 is 28.4 Å². The fourth-order valence-corrected chi connectivity index (χ4v) is 4.49.